The standard InChI is InChI=1S/C27H45N7O3.3C2HF3O2/c1-31(2)15-16-36-17-18-37-25-20-23-22(19-24(25)35-5)26(28-21-7-11-33(4)12-8-21)30-27(29-23)34-10-6-9-32(3)13-14-34;3*3-2(4,5)1(6)7/h19-21H,6-18H2,1-5H3,(H,28,29,30);3*(H,6,7). The number of carboxylic acids is 3. The van der Waals surface area contributed by atoms with Crippen LogP contribution in [-0.4, -0.2) is 183 Å². The fraction of sp³-hybridized carbons (Fsp3) is 0.667. The molecule has 0 atom stereocenters. The number of methoxy groups -OCH3 is 1. The molecule has 2 aliphatic heterocycles. The molecule has 332 valence electrons. The van der Waals surface area contributed by atoms with Crippen molar-refractivity contribution in [1.29, 1.82) is 0 Å². The van der Waals surface area contributed by atoms with E-state index in [1.54, 1.807) is 7.11 Å². The molecule has 2 aliphatic rings. The molecule has 0 saturated carbocycles. The Morgan fingerprint density at radius 2 is 1.28 bits per heavy atom. The number of carboxylic acid groups (broad SMARTS) is 3. The van der Waals surface area contributed by atoms with E-state index in [0.717, 1.165) is 87.7 Å². The van der Waals surface area contributed by atoms with Crippen LogP contribution >= 0.6 is 0 Å². The molecule has 58 heavy (non-hydrogen) atoms. The molecule has 1 aromatic heterocycles. The van der Waals surface area contributed by atoms with Gasteiger partial charge in [0.25, 0.3) is 0 Å². The van der Waals surface area contributed by atoms with Gasteiger partial charge in [-0.05, 0) is 73.2 Å². The molecule has 3 heterocycles. The van der Waals surface area contributed by atoms with Crippen LogP contribution in [0, 0.1) is 0 Å². The number of halogens is 9. The molecule has 16 nitrogen and oxygen atoms in total. The number of aromatic nitrogens is 2. The van der Waals surface area contributed by atoms with Crippen LogP contribution in [0.2, 0.25) is 0 Å². The highest BCUT2D eigenvalue weighted by atomic mass is 19.4. The lowest BCUT2D eigenvalue weighted by molar-refractivity contribution is -0.193. The van der Waals surface area contributed by atoms with E-state index < -0.39 is 36.4 Å². The third-order valence-corrected chi connectivity index (χ3v) is 7.93. The number of aliphatic carboxylic acids is 3. The number of ether oxygens (including phenoxy) is 3. The van der Waals surface area contributed by atoms with Gasteiger partial charge in [-0.15, -0.1) is 0 Å². The van der Waals surface area contributed by atoms with Crippen LogP contribution in [0.1, 0.15) is 19.3 Å². The maximum atomic E-state index is 10.6. The summed E-state index contributed by atoms with van der Waals surface area (Å²) in [7, 11) is 10.1. The van der Waals surface area contributed by atoms with Gasteiger partial charge in [0.2, 0.25) is 5.95 Å². The second-order valence-electron chi connectivity index (χ2n) is 12.9. The molecule has 0 unspecified atom stereocenters. The number of nitrogens with one attached hydrogen (secondary N) is 1. The summed E-state index contributed by atoms with van der Waals surface area (Å²) in [4.78, 5) is 45.9. The fourth-order valence-corrected chi connectivity index (χ4v) is 4.80. The zero-order chi connectivity index (χ0) is 44.4. The second kappa shape index (κ2) is 23.7. The van der Waals surface area contributed by atoms with Crippen molar-refractivity contribution in [2.45, 2.75) is 43.8 Å². The minimum Gasteiger partial charge on any atom is -0.493 e. The third kappa shape index (κ3) is 19.7. The number of hydrogen-bond acceptors (Lipinski definition) is 13. The van der Waals surface area contributed by atoms with E-state index in [1.165, 1.54) is 0 Å². The Hall–Kier alpha value is -4.62. The van der Waals surface area contributed by atoms with Crippen molar-refractivity contribution in [2.75, 3.05) is 111 Å². The molecule has 4 N–H and O–H groups in total. The summed E-state index contributed by atoms with van der Waals surface area (Å²) in [6, 6.07) is 4.39. The quantitative estimate of drug-likeness (QED) is 0.186. The monoisotopic (exact) mass is 857 g/mol. The highest BCUT2D eigenvalue weighted by molar-refractivity contribution is 5.93. The van der Waals surface area contributed by atoms with Crippen LogP contribution in [0.3, 0.4) is 0 Å². The third-order valence-electron chi connectivity index (χ3n) is 7.93. The summed E-state index contributed by atoms with van der Waals surface area (Å²) in [6.45, 7) is 8.68. The number of piperidine rings is 1. The van der Waals surface area contributed by atoms with Gasteiger partial charge in [-0.2, -0.15) is 44.5 Å². The second-order valence-corrected chi connectivity index (χ2v) is 12.9. The highest BCUT2D eigenvalue weighted by Crippen LogP contribution is 2.36. The lowest BCUT2D eigenvalue weighted by Crippen LogP contribution is -2.37. The maximum absolute atomic E-state index is 10.6. The summed E-state index contributed by atoms with van der Waals surface area (Å²) in [5.41, 5.74) is 0.863. The molecule has 4 rings (SSSR count). The number of nitrogens with zero attached hydrogens (tertiary/aromatic N) is 6. The summed E-state index contributed by atoms with van der Waals surface area (Å²) < 4.78 is 113. The van der Waals surface area contributed by atoms with Gasteiger partial charge in [-0.1, -0.05) is 0 Å². The Morgan fingerprint density at radius 1 is 0.759 bits per heavy atom. The fourth-order valence-electron chi connectivity index (χ4n) is 4.80. The SMILES string of the molecule is COc1cc2c(NC3CCN(C)CC3)nc(N3CCCN(C)CC3)nc2cc1OCCOCCN(C)C.O=C(O)C(F)(F)F.O=C(O)C(F)(F)F.O=C(O)C(F)(F)F. The Bertz CT molecular complexity index is 1540. The average Bonchev–Trinajstić information content (AvgIpc) is 3.34. The molecule has 2 aromatic rings. The van der Waals surface area contributed by atoms with E-state index in [2.05, 4.69) is 39.0 Å². The molecule has 0 bridgehead atoms. The molecule has 0 radical (unpaired) electrons. The maximum Gasteiger partial charge on any atom is 0.490 e. The number of anilines is 2. The Kier molecular flexibility index (Phi) is 21.0. The number of fused-ring (bicyclic) bond motifs is 1. The van der Waals surface area contributed by atoms with Crippen LogP contribution < -0.4 is 19.7 Å². The normalized spacial score (nSPS) is 15.8. The average molecular weight is 858 g/mol. The molecular weight excluding hydrogens is 809 g/mol. The van der Waals surface area contributed by atoms with Gasteiger partial charge in [0.1, 0.15) is 12.4 Å². The van der Waals surface area contributed by atoms with Gasteiger partial charge in [0.05, 0.1) is 25.8 Å². The summed E-state index contributed by atoms with van der Waals surface area (Å²) in [5, 5.41) is 26.1. The number of likely N-dealkylation sites (tertiary alicyclic amines) is 1. The van der Waals surface area contributed by atoms with Crippen LogP contribution in [0.4, 0.5) is 51.3 Å². The zero-order valence-corrected chi connectivity index (χ0v) is 32.3. The summed E-state index contributed by atoms with van der Waals surface area (Å²) in [6.07, 6.45) is -12.0. The van der Waals surface area contributed by atoms with E-state index in [0.29, 0.717) is 37.4 Å². The molecule has 2 saturated heterocycles. The molecule has 2 fully saturated rings. The van der Waals surface area contributed by atoms with E-state index in [4.69, 9.17) is 53.9 Å². The van der Waals surface area contributed by atoms with Gasteiger partial charge in [-0.25, -0.2) is 19.4 Å². The summed E-state index contributed by atoms with van der Waals surface area (Å²) in [5.74, 6) is -5.26. The molecule has 0 aliphatic carbocycles. The lowest BCUT2D eigenvalue weighted by Gasteiger charge is -2.30. The molecule has 0 amide bonds. The lowest BCUT2D eigenvalue weighted by atomic mass is 10.1. The van der Waals surface area contributed by atoms with Crippen LogP contribution in [0.15, 0.2) is 12.1 Å². The van der Waals surface area contributed by atoms with E-state index in [1.807, 2.05) is 26.2 Å². The van der Waals surface area contributed by atoms with Gasteiger partial charge < -0.3 is 54.4 Å². The van der Waals surface area contributed by atoms with Crippen LogP contribution in [0.25, 0.3) is 10.9 Å². The van der Waals surface area contributed by atoms with E-state index in [-0.39, 0.29) is 0 Å². The first-order valence-electron chi connectivity index (χ1n) is 17.3. The van der Waals surface area contributed by atoms with Crippen molar-refractivity contribution in [2.24, 2.45) is 0 Å². The number of rotatable bonds is 11. The topological polar surface area (TPSA) is 190 Å². The summed E-state index contributed by atoms with van der Waals surface area (Å²) >= 11 is 0. The molecular formula is C33H48F9N7O9. The first-order chi connectivity index (χ1) is 26.8. The number of carbonyl (C=O) groups is 3. The predicted octanol–water partition coefficient (Wildman–Crippen LogP) is 4.14. The number of hydrogen-bond donors (Lipinski definition) is 4. The Labute approximate surface area is 327 Å². The van der Waals surface area contributed by atoms with Crippen molar-refractivity contribution in [1.82, 2.24) is 24.7 Å². The van der Waals surface area contributed by atoms with Crippen LogP contribution in [0.5, 0.6) is 11.5 Å². The first kappa shape index (κ1) is 51.4. The molecule has 1 aromatic carbocycles. The number of likely N-dealkylation sites (N-methyl/N-ethyl adjacent to an activating group) is 2. The number of benzene rings is 1. The van der Waals surface area contributed by atoms with Crippen molar-refractivity contribution in [3.63, 3.8) is 0 Å². The Balaban J connectivity index is 0.000000655. The van der Waals surface area contributed by atoms with Crippen molar-refractivity contribution in [3.8, 4) is 11.5 Å². The van der Waals surface area contributed by atoms with Crippen molar-refractivity contribution in [3.05, 3.63) is 12.1 Å². The van der Waals surface area contributed by atoms with Crippen LogP contribution in [-0.2, 0) is 19.1 Å². The zero-order valence-electron chi connectivity index (χ0n) is 32.3. The van der Waals surface area contributed by atoms with Gasteiger partial charge in [0, 0.05) is 43.7 Å². The highest BCUT2D eigenvalue weighted by Gasteiger charge is 2.39. The van der Waals surface area contributed by atoms with E-state index >= 15 is 0 Å². The molecule has 25 heteroatoms. The van der Waals surface area contributed by atoms with Gasteiger partial charge in [-0.3, -0.25) is 0 Å². The van der Waals surface area contributed by atoms with Crippen molar-refractivity contribution >= 4 is 40.6 Å². The first-order valence-corrected chi connectivity index (χ1v) is 17.3. The van der Waals surface area contributed by atoms with Gasteiger partial charge >= 0.3 is 36.4 Å². The largest absolute Gasteiger partial charge is 0.493 e. The Morgan fingerprint density at radius 3 is 1.76 bits per heavy atom. The molecule has 0 spiro atoms. The minimum atomic E-state index is -5.08. The van der Waals surface area contributed by atoms with E-state index in [9.17, 15) is 39.5 Å². The number of alkyl halides is 9. The minimum absolute atomic E-state index is 0.388. The predicted molar refractivity (Wildman–Crippen MR) is 190 cm³/mol. The van der Waals surface area contributed by atoms with Gasteiger partial charge in [0.15, 0.2) is 11.5 Å². The smallest absolute Gasteiger partial charge is 0.490 e. The van der Waals surface area contributed by atoms with Crippen molar-refractivity contribution < 1.29 is 83.4 Å².